The molecule has 2 N–H and O–H groups in total. The van der Waals surface area contributed by atoms with Crippen molar-refractivity contribution in [1.29, 1.82) is 0 Å². The van der Waals surface area contributed by atoms with Gasteiger partial charge in [0.05, 0.1) is 0 Å². The zero-order valence-electron chi connectivity index (χ0n) is 14.1. The standard InChI is InChI=1S/C19H32O2/c1-14(2)6-5-7-15(3)8-11-18-16(4)9-10-17(12-20)19(18)13-21/h6,8-9,17-21H,5,7,10-13H2,1-4H3/b15-8+. The van der Waals surface area contributed by atoms with Gasteiger partial charge in [-0.15, -0.1) is 0 Å². The Bertz CT molecular complexity index is 400. The van der Waals surface area contributed by atoms with Gasteiger partial charge in [0.2, 0.25) is 0 Å². The van der Waals surface area contributed by atoms with Crippen LogP contribution in [0.2, 0.25) is 0 Å². The highest BCUT2D eigenvalue weighted by atomic mass is 16.3. The smallest absolute Gasteiger partial charge is 0.0468 e. The second-order valence-corrected chi connectivity index (χ2v) is 6.69. The molecular formula is C19H32O2. The van der Waals surface area contributed by atoms with Crippen molar-refractivity contribution >= 4 is 0 Å². The summed E-state index contributed by atoms with van der Waals surface area (Å²) in [5.41, 5.74) is 4.16. The Morgan fingerprint density at radius 1 is 1.19 bits per heavy atom. The van der Waals surface area contributed by atoms with Crippen molar-refractivity contribution in [3.63, 3.8) is 0 Å². The van der Waals surface area contributed by atoms with E-state index in [9.17, 15) is 10.2 Å². The van der Waals surface area contributed by atoms with Crippen molar-refractivity contribution in [3.8, 4) is 0 Å². The van der Waals surface area contributed by atoms with Gasteiger partial charge in [0.1, 0.15) is 0 Å². The molecule has 2 heteroatoms. The van der Waals surface area contributed by atoms with Crippen LogP contribution in [0.25, 0.3) is 0 Å². The first kappa shape index (κ1) is 18.2. The lowest BCUT2D eigenvalue weighted by Crippen LogP contribution is -2.32. The van der Waals surface area contributed by atoms with E-state index in [0.717, 1.165) is 25.7 Å². The summed E-state index contributed by atoms with van der Waals surface area (Å²) >= 11 is 0. The van der Waals surface area contributed by atoms with Crippen molar-refractivity contribution in [3.05, 3.63) is 34.9 Å². The first-order valence-electron chi connectivity index (χ1n) is 8.17. The molecule has 0 saturated carbocycles. The topological polar surface area (TPSA) is 40.5 Å². The average Bonchev–Trinajstić information content (AvgIpc) is 2.45. The number of aliphatic hydroxyl groups excluding tert-OH is 2. The fraction of sp³-hybridized carbons (Fsp3) is 0.684. The molecule has 3 unspecified atom stereocenters. The summed E-state index contributed by atoms with van der Waals surface area (Å²) in [7, 11) is 0. The quantitative estimate of drug-likeness (QED) is 0.689. The van der Waals surface area contributed by atoms with Gasteiger partial charge in [-0.1, -0.05) is 34.9 Å². The summed E-state index contributed by atoms with van der Waals surface area (Å²) in [5, 5.41) is 19.2. The molecule has 0 aromatic heterocycles. The van der Waals surface area contributed by atoms with Crippen molar-refractivity contribution in [2.45, 2.75) is 53.4 Å². The molecule has 120 valence electrons. The third kappa shape index (κ3) is 5.80. The molecule has 0 saturated heterocycles. The fourth-order valence-electron chi connectivity index (χ4n) is 3.20. The predicted molar refractivity (Wildman–Crippen MR) is 90.1 cm³/mol. The highest BCUT2D eigenvalue weighted by molar-refractivity contribution is 5.14. The Balaban J connectivity index is 2.63. The van der Waals surface area contributed by atoms with Crippen LogP contribution >= 0.6 is 0 Å². The van der Waals surface area contributed by atoms with Gasteiger partial charge in [-0.25, -0.2) is 0 Å². The van der Waals surface area contributed by atoms with E-state index < -0.39 is 0 Å². The van der Waals surface area contributed by atoms with Crippen molar-refractivity contribution in [2.24, 2.45) is 17.8 Å². The molecule has 1 aliphatic carbocycles. The van der Waals surface area contributed by atoms with Crippen LogP contribution in [-0.4, -0.2) is 23.4 Å². The first-order chi connectivity index (χ1) is 9.99. The Morgan fingerprint density at radius 2 is 1.90 bits per heavy atom. The van der Waals surface area contributed by atoms with Gasteiger partial charge >= 0.3 is 0 Å². The average molecular weight is 292 g/mol. The third-order valence-corrected chi connectivity index (χ3v) is 4.71. The van der Waals surface area contributed by atoms with Gasteiger partial charge in [0.15, 0.2) is 0 Å². The summed E-state index contributed by atoms with van der Waals surface area (Å²) in [6.07, 6.45) is 10.9. The Labute approximate surface area is 130 Å². The molecular weight excluding hydrogens is 260 g/mol. The van der Waals surface area contributed by atoms with Gasteiger partial charge in [-0.3, -0.25) is 0 Å². The molecule has 2 nitrogen and oxygen atoms in total. The van der Waals surface area contributed by atoms with Crippen LogP contribution in [0.3, 0.4) is 0 Å². The summed E-state index contributed by atoms with van der Waals surface area (Å²) in [6, 6.07) is 0. The van der Waals surface area contributed by atoms with Crippen LogP contribution in [0.4, 0.5) is 0 Å². The number of hydrogen-bond donors (Lipinski definition) is 2. The normalized spacial score (nSPS) is 26.5. The molecule has 0 radical (unpaired) electrons. The van der Waals surface area contributed by atoms with Gasteiger partial charge in [-0.2, -0.15) is 0 Å². The van der Waals surface area contributed by atoms with E-state index in [1.807, 2.05) is 0 Å². The number of rotatable bonds is 7. The lowest BCUT2D eigenvalue weighted by atomic mass is 9.71. The zero-order valence-corrected chi connectivity index (χ0v) is 14.1. The van der Waals surface area contributed by atoms with Crippen LogP contribution in [-0.2, 0) is 0 Å². The molecule has 0 aromatic carbocycles. The Kier molecular flexibility index (Phi) is 7.98. The highest BCUT2D eigenvalue weighted by Crippen LogP contribution is 2.37. The number of aliphatic hydroxyl groups is 2. The number of allylic oxidation sites excluding steroid dienone is 6. The van der Waals surface area contributed by atoms with E-state index in [-0.39, 0.29) is 25.0 Å². The second-order valence-electron chi connectivity index (χ2n) is 6.69. The minimum atomic E-state index is 0.172. The van der Waals surface area contributed by atoms with Crippen LogP contribution < -0.4 is 0 Å². The maximum absolute atomic E-state index is 9.68. The van der Waals surface area contributed by atoms with E-state index in [2.05, 4.69) is 45.9 Å². The minimum absolute atomic E-state index is 0.172. The predicted octanol–water partition coefficient (Wildman–Crippen LogP) is 4.25. The fourth-order valence-corrected chi connectivity index (χ4v) is 3.20. The molecule has 0 spiro atoms. The van der Waals surface area contributed by atoms with Crippen molar-refractivity contribution in [1.82, 2.24) is 0 Å². The van der Waals surface area contributed by atoms with Gasteiger partial charge in [0, 0.05) is 13.2 Å². The molecule has 3 atom stereocenters. The maximum atomic E-state index is 9.68. The molecule has 0 amide bonds. The first-order valence-corrected chi connectivity index (χ1v) is 8.17. The van der Waals surface area contributed by atoms with Crippen LogP contribution in [0, 0.1) is 17.8 Å². The molecule has 1 aliphatic rings. The van der Waals surface area contributed by atoms with Gasteiger partial charge in [0.25, 0.3) is 0 Å². The zero-order chi connectivity index (χ0) is 15.8. The summed E-state index contributed by atoms with van der Waals surface area (Å²) in [4.78, 5) is 0. The van der Waals surface area contributed by atoms with Crippen LogP contribution in [0.5, 0.6) is 0 Å². The lowest BCUT2D eigenvalue weighted by molar-refractivity contribution is 0.0844. The van der Waals surface area contributed by atoms with E-state index in [1.54, 1.807) is 0 Å². The molecule has 0 aliphatic heterocycles. The molecule has 0 fully saturated rings. The Hall–Kier alpha value is -0.860. The monoisotopic (exact) mass is 292 g/mol. The minimum Gasteiger partial charge on any atom is -0.396 e. The summed E-state index contributed by atoms with van der Waals surface area (Å²) < 4.78 is 0. The second kappa shape index (κ2) is 9.22. The lowest BCUT2D eigenvalue weighted by Gasteiger charge is -2.35. The van der Waals surface area contributed by atoms with Crippen LogP contribution in [0.1, 0.15) is 53.4 Å². The highest BCUT2D eigenvalue weighted by Gasteiger charge is 2.31. The third-order valence-electron chi connectivity index (χ3n) is 4.71. The molecule has 0 aromatic rings. The molecule has 1 rings (SSSR count). The van der Waals surface area contributed by atoms with Gasteiger partial charge in [-0.05, 0) is 71.1 Å². The summed E-state index contributed by atoms with van der Waals surface area (Å²) in [5.74, 6) is 0.782. The summed E-state index contributed by atoms with van der Waals surface area (Å²) in [6.45, 7) is 8.97. The van der Waals surface area contributed by atoms with E-state index in [1.165, 1.54) is 16.7 Å². The Morgan fingerprint density at radius 3 is 2.48 bits per heavy atom. The molecule has 0 bridgehead atoms. The molecule has 21 heavy (non-hydrogen) atoms. The molecule has 0 heterocycles. The maximum Gasteiger partial charge on any atom is 0.0468 e. The van der Waals surface area contributed by atoms with E-state index in [0.29, 0.717) is 5.92 Å². The van der Waals surface area contributed by atoms with Crippen molar-refractivity contribution < 1.29 is 10.2 Å². The largest absolute Gasteiger partial charge is 0.396 e. The van der Waals surface area contributed by atoms with Crippen LogP contribution in [0.15, 0.2) is 34.9 Å². The van der Waals surface area contributed by atoms with Gasteiger partial charge < -0.3 is 10.2 Å². The van der Waals surface area contributed by atoms with Crippen molar-refractivity contribution in [2.75, 3.05) is 13.2 Å². The number of hydrogen-bond acceptors (Lipinski definition) is 2. The van der Waals surface area contributed by atoms with E-state index >= 15 is 0 Å². The SMILES string of the molecule is CC(C)=CCC/C(C)=C/CC1C(C)=CCC(CO)C1CO. The van der Waals surface area contributed by atoms with E-state index in [4.69, 9.17) is 0 Å².